The second-order valence-electron chi connectivity index (χ2n) is 11.6. The first-order chi connectivity index (χ1) is 18.1. The average Bonchev–Trinajstić information content (AvgIpc) is 3.59. The average molecular weight is 512 g/mol. The molecule has 2 aromatic heterocycles. The van der Waals surface area contributed by atoms with E-state index < -0.39 is 0 Å². The van der Waals surface area contributed by atoms with Crippen LogP contribution in [0.25, 0.3) is 11.2 Å². The molecule has 0 atom stereocenters. The molecule has 1 saturated heterocycles. The van der Waals surface area contributed by atoms with Gasteiger partial charge in [-0.25, -0.2) is 9.99 Å². The standard InChI is InChI=1S/C28H49N9/c1-3-35(4-2)17-7-8-21-15-18-36(19-16-21)34-26-25-27(37(20-30-25)24-9-5-6-10-24)33-28(32-26)31-23-13-11-22(29)12-14-23/h20-24H,3-19,29H2,1-2H3,(H2,31,32,33,34)/t22-,23-. The lowest BCUT2D eigenvalue weighted by Crippen LogP contribution is -2.38. The molecule has 3 aliphatic rings. The number of nitrogens with one attached hydrogen (secondary N) is 2. The molecule has 2 aromatic rings. The highest BCUT2D eigenvalue weighted by Crippen LogP contribution is 2.34. The van der Waals surface area contributed by atoms with Crippen molar-refractivity contribution in [3.05, 3.63) is 6.33 Å². The van der Waals surface area contributed by atoms with Crippen molar-refractivity contribution in [1.82, 2.24) is 29.4 Å². The maximum atomic E-state index is 6.14. The van der Waals surface area contributed by atoms with Crippen molar-refractivity contribution in [3.63, 3.8) is 0 Å². The van der Waals surface area contributed by atoms with Gasteiger partial charge in [0.2, 0.25) is 5.95 Å². The molecule has 0 aromatic carbocycles. The lowest BCUT2D eigenvalue weighted by Gasteiger charge is -2.33. The van der Waals surface area contributed by atoms with Gasteiger partial charge in [0.25, 0.3) is 0 Å². The molecule has 0 radical (unpaired) electrons. The Hall–Kier alpha value is -1.97. The quantitative estimate of drug-likeness (QED) is 0.396. The molecule has 0 bridgehead atoms. The number of rotatable bonds is 11. The first-order valence-corrected chi connectivity index (χ1v) is 15.1. The maximum Gasteiger partial charge on any atom is 0.227 e. The van der Waals surface area contributed by atoms with Crippen LogP contribution < -0.4 is 16.5 Å². The van der Waals surface area contributed by atoms with Crippen LogP contribution in [0.15, 0.2) is 6.33 Å². The maximum absolute atomic E-state index is 6.14. The Kier molecular flexibility index (Phi) is 9.15. The molecule has 206 valence electrons. The molecular formula is C28H49N9. The lowest BCUT2D eigenvalue weighted by molar-refractivity contribution is 0.200. The highest BCUT2D eigenvalue weighted by atomic mass is 15.5. The topological polar surface area (TPSA) is 100 Å². The minimum Gasteiger partial charge on any atom is -0.351 e. The highest BCUT2D eigenvalue weighted by molar-refractivity contribution is 5.84. The van der Waals surface area contributed by atoms with Crippen molar-refractivity contribution in [2.45, 2.75) is 109 Å². The number of anilines is 2. The van der Waals surface area contributed by atoms with E-state index in [1.54, 1.807) is 0 Å². The predicted molar refractivity (Wildman–Crippen MR) is 152 cm³/mol. The third-order valence-electron chi connectivity index (χ3n) is 9.10. The van der Waals surface area contributed by atoms with Gasteiger partial charge in [-0.3, -0.25) is 0 Å². The van der Waals surface area contributed by atoms with Crippen molar-refractivity contribution < 1.29 is 0 Å². The van der Waals surface area contributed by atoms with Gasteiger partial charge in [0, 0.05) is 31.2 Å². The van der Waals surface area contributed by atoms with E-state index in [0.717, 1.165) is 80.7 Å². The van der Waals surface area contributed by atoms with Gasteiger partial charge in [-0.05, 0) is 89.8 Å². The molecule has 0 unspecified atom stereocenters. The Balaban J connectivity index is 1.25. The number of nitrogens with zero attached hydrogens (tertiary/aromatic N) is 6. The van der Waals surface area contributed by atoms with Crippen LogP contribution in [-0.4, -0.2) is 74.2 Å². The molecule has 3 heterocycles. The van der Waals surface area contributed by atoms with E-state index in [9.17, 15) is 0 Å². The minimum atomic E-state index is 0.336. The summed E-state index contributed by atoms with van der Waals surface area (Å²) >= 11 is 0. The smallest absolute Gasteiger partial charge is 0.227 e. The van der Waals surface area contributed by atoms with Crippen LogP contribution in [-0.2, 0) is 0 Å². The highest BCUT2D eigenvalue weighted by Gasteiger charge is 2.25. The van der Waals surface area contributed by atoms with Crippen molar-refractivity contribution in [1.29, 1.82) is 0 Å². The largest absolute Gasteiger partial charge is 0.351 e. The molecule has 3 fully saturated rings. The molecule has 9 heteroatoms. The van der Waals surface area contributed by atoms with Crippen LogP contribution in [0.2, 0.25) is 0 Å². The Bertz CT molecular complexity index is 965. The van der Waals surface area contributed by atoms with Gasteiger partial charge >= 0.3 is 0 Å². The van der Waals surface area contributed by atoms with Crippen LogP contribution in [0.5, 0.6) is 0 Å². The molecule has 5 rings (SSSR count). The van der Waals surface area contributed by atoms with E-state index in [1.807, 2.05) is 6.33 Å². The molecule has 9 nitrogen and oxygen atoms in total. The normalized spacial score (nSPS) is 24.3. The van der Waals surface area contributed by atoms with E-state index in [4.69, 9.17) is 20.7 Å². The molecule has 2 aliphatic carbocycles. The Labute approximate surface area is 222 Å². The van der Waals surface area contributed by atoms with Crippen LogP contribution in [0.3, 0.4) is 0 Å². The molecule has 2 saturated carbocycles. The van der Waals surface area contributed by atoms with Crippen molar-refractivity contribution in [2.24, 2.45) is 11.7 Å². The fourth-order valence-corrected chi connectivity index (χ4v) is 6.58. The number of piperidine rings is 1. The summed E-state index contributed by atoms with van der Waals surface area (Å²) in [5.41, 5.74) is 11.7. The van der Waals surface area contributed by atoms with Crippen molar-refractivity contribution >= 4 is 22.9 Å². The first-order valence-electron chi connectivity index (χ1n) is 15.1. The predicted octanol–water partition coefficient (Wildman–Crippen LogP) is 4.78. The van der Waals surface area contributed by atoms with Gasteiger partial charge in [0.15, 0.2) is 17.0 Å². The number of hydrogen-bond donors (Lipinski definition) is 3. The van der Waals surface area contributed by atoms with Gasteiger partial charge in [-0.2, -0.15) is 9.97 Å². The van der Waals surface area contributed by atoms with E-state index in [2.05, 4.69) is 39.1 Å². The van der Waals surface area contributed by atoms with E-state index >= 15 is 0 Å². The summed E-state index contributed by atoms with van der Waals surface area (Å²) in [5, 5.41) is 5.99. The Morgan fingerprint density at radius 2 is 1.70 bits per heavy atom. The summed E-state index contributed by atoms with van der Waals surface area (Å²) in [6.07, 6.45) is 16.4. The van der Waals surface area contributed by atoms with Gasteiger partial charge in [-0.1, -0.05) is 26.7 Å². The Morgan fingerprint density at radius 1 is 0.973 bits per heavy atom. The summed E-state index contributed by atoms with van der Waals surface area (Å²) in [6, 6.07) is 1.23. The first kappa shape index (κ1) is 26.6. The summed E-state index contributed by atoms with van der Waals surface area (Å²) in [5.74, 6) is 2.40. The monoisotopic (exact) mass is 511 g/mol. The number of fused-ring (bicyclic) bond motifs is 1. The number of nitrogens with two attached hydrogens (primary N) is 1. The molecular weight excluding hydrogens is 462 g/mol. The van der Waals surface area contributed by atoms with Gasteiger partial charge < -0.3 is 25.9 Å². The summed E-state index contributed by atoms with van der Waals surface area (Å²) in [6.45, 7) is 10.2. The van der Waals surface area contributed by atoms with E-state index in [0.29, 0.717) is 18.1 Å². The zero-order valence-corrected chi connectivity index (χ0v) is 23.2. The molecule has 0 amide bonds. The van der Waals surface area contributed by atoms with Crippen molar-refractivity contribution in [3.8, 4) is 0 Å². The van der Waals surface area contributed by atoms with Crippen LogP contribution in [0.1, 0.15) is 96.9 Å². The van der Waals surface area contributed by atoms with Crippen LogP contribution in [0.4, 0.5) is 11.8 Å². The summed E-state index contributed by atoms with van der Waals surface area (Å²) in [4.78, 5) is 17.3. The lowest BCUT2D eigenvalue weighted by atomic mass is 9.92. The van der Waals surface area contributed by atoms with Crippen molar-refractivity contribution in [2.75, 3.05) is 43.5 Å². The number of imidazole rings is 1. The fourth-order valence-electron chi connectivity index (χ4n) is 6.58. The summed E-state index contributed by atoms with van der Waals surface area (Å²) in [7, 11) is 0. The molecule has 4 N–H and O–H groups in total. The SMILES string of the molecule is CCN(CC)CCCC1CCN(Nc2nc(N[C@H]3CC[C@H](N)CC3)nc3c2ncn3C2CCCC2)CC1. The number of hydrazine groups is 1. The van der Waals surface area contributed by atoms with Gasteiger partial charge in [0.05, 0.1) is 6.33 Å². The fraction of sp³-hybridized carbons (Fsp3) is 0.821. The number of aromatic nitrogens is 4. The van der Waals surface area contributed by atoms with E-state index in [1.165, 1.54) is 57.9 Å². The molecule has 37 heavy (non-hydrogen) atoms. The van der Waals surface area contributed by atoms with Gasteiger partial charge in [0.1, 0.15) is 0 Å². The molecule has 0 spiro atoms. The molecule has 1 aliphatic heterocycles. The third kappa shape index (κ3) is 6.73. The zero-order valence-electron chi connectivity index (χ0n) is 23.2. The Morgan fingerprint density at radius 3 is 2.41 bits per heavy atom. The van der Waals surface area contributed by atoms with Crippen LogP contribution >= 0.6 is 0 Å². The van der Waals surface area contributed by atoms with Crippen LogP contribution in [0, 0.1) is 5.92 Å². The second-order valence-corrected chi connectivity index (χ2v) is 11.6. The summed E-state index contributed by atoms with van der Waals surface area (Å²) < 4.78 is 2.30. The van der Waals surface area contributed by atoms with Gasteiger partial charge in [-0.15, -0.1) is 0 Å². The number of hydrogen-bond acceptors (Lipinski definition) is 8. The third-order valence-corrected chi connectivity index (χ3v) is 9.10. The second kappa shape index (κ2) is 12.7. The van der Waals surface area contributed by atoms with E-state index in [-0.39, 0.29) is 0 Å². The zero-order chi connectivity index (χ0) is 25.6. The minimum absolute atomic E-state index is 0.336.